The Morgan fingerprint density at radius 3 is 3.00 bits per heavy atom. The first-order valence-electron chi connectivity index (χ1n) is 6.28. The summed E-state index contributed by atoms with van der Waals surface area (Å²) in [5.74, 6) is -0.223. The van der Waals surface area contributed by atoms with E-state index >= 15 is 0 Å². The third-order valence-electron chi connectivity index (χ3n) is 3.18. The van der Waals surface area contributed by atoms with E-state index in [9.17, 15) is 4.39 Å². The van der Waals surface area contributed by atoms with E-state index in [1.807, 2.05) is 6.92 Å². The summed E-state index contributed by atoms with van der Waals surface area (Å²) in [6.45, 7) is 2.82. The summed E-state index contributed by atoms with van der Waals surface area (Å²) in [5.41, 5.74) is 1.56. The molecule has 1 aliphatic rings. The van der Waals surface area contributed by atoms with Crippen molar-refractivity contribution in [1.29, 1.82) is 0 Å². The highest BCUT2D eigenvalue weighted by Gasteiger charge is 2.21. The first-order valence-corrected chi connectivity index (χ1v) is 7.89. The molecule has 3 rings (SSSR count). The third kappa shape index (κ3) is 3.04. The summed E-state index contributed by atoms with van der Waals surface area (Å²) in [6, 6.07) is 5.63. The van der Waals surface area contributed by atoms with Crippen molar-refractivity contribution in [3.63, 3.8) is 0 Å². The number of thiazole rings is 1. The molecule has 0 unspecified atom stereocenters. The highest BCUT2D eigenvalue weighted by atomic mass is 79.9. The SMILES string of the molecule is Cc1nc(-c2cc(Br)ccc2F)sc1CNC1CC1. The van der Waals surface area contributed by atoms with E-state index in [0.717, 1.165) is 21.7 Å². The molecule has 0 radical (unpaired) electrons. The minimum atomic E-state index is -0.223. The maximum atomic E-state index is 13.9. The Labute approximate surface area is 124 Å². The van der Waals surface area contributed by atoms with Crippen molar-refractivity contribution in [2.45, 2.75) is 32.4 Å². The predicted molar refractivity (Wildman–Crippen MR) is 79.8 cm³/mol. The number of rotatable bonds is 4. The fourth-order valence-corrected chi connectivity index (χ4v) is 3.29. The number of nitrogens with one attached hydrogen (secondary N) is 1. The first-order chi connectivity index (χ1) is 9.13. The Kier molecular flexibility index (Phi) is 3.69. The second kappa shape index (κ2) is 5.31. The summed E-state index contributed by atoms with van der Waals surface area (Å²) >= 11 is 4.95. The molecule has 0 bridgehead atoms. The van der Waals surface area contributed by atoms with Gasteiger partial charge in [0.05, 0.1) is 5.69 Å². The minimum Gasteiger partial charge on any atom is -0.309 e. The minimum absolute atomic E-state index is 0.223. The van der Waals surface area contributed by atoms with Crippen LogP contribution in [0.3, 0.4) is 0 Å². The molecule has 1 aliphatic carbocycles. The molecule has 2 nitrogen and oxygen atoms in total. The first kappa shape index (κ1) is 13.2. The number of aromatic nitrogens is 1. The Morgan fingerprint density at radius 1 is 1.47 bits per heavy atom. The molecule has 100 valence electrons. The lowest BCUT2D eigenvalue weighted by Crippen LogP contribution is -2.14. The van der Waals surface area contributed by atoms with Crippen LogP contribution >= 0.6 is 27.3 Å². The molecular weight excluding hydrogens is 327 g/mol. The van der Waals surface area contributed by atoms with Gasteiger partial charge in [0.2, 0.25) is 0 Å². The van der Waals surface area contributed by atoms with Crippen LogP contribution in [-0.2, 0) is 6.54 Å². The van der Waals surface area contributed by atoms with Gasteiger partial charge in [-0.2, -0.15) is 0 Å². The smallest absolute Gasteiger partial charge is 0.133 e. The summed E-state index contributed by atoms with van der Waals surface area (Å²) in [5, 5.41) is 4.23. The van der Waals surface area contributed by atoms with Crippen molar-refractivity contribution in [3.8, 4) is 10.6 Å². The zero-order valence-electron chi connectivity index (χ0n) is 10.5. The average molecular weight is 341 g/mol. The van der Waals surface area contributed by atoms with E-state index in [1.54, 1.807) is 23.5 Å². The van der Waals surface area contributed by atoms with E-state index < -0.39 is 0 Å². The van der Waals surface area contributed by atoms with Crippen molar-refractivity contribution >= 4 is 27.3 Å². The molecule has 1 fully saturated rings. The van der Waals surface area contributed by atoms with E-state index in [1.165, 1.54) is 23.8 Å². The summed E-state index contributed by atoms with van der Waals surface area (Å²) < 4.78 is 14.7. The van der Waals surface area contributed by atoms with Crippen LogP contribution in [0, 0.1) is 12.7 Å². The molecule has 0 atom stereocenters. The second-order valence-corrected chi connectivity index (χ2v) is 6.81. The molecule has 1 heterocycles. The van der Waals surface area contributed by atoms with Gasteiger partial charge in [0.15, 0.2) is 0 Å². The van der Waals surface area contributed by atoms with Crippen molar-refractivity contribution in [1.82, 2.24) is 10.3 Å². The number of benzene rings is 1. The van der Waals surface area contributed by atoms with E-state index in [-0.39, 0.29) is 5.82 Å². The average Bonchev–Trinajstić information content (AvgIpc) is 3.14. The van der Waals surface area contributed by atoms with Gasteiger partial charge >= 0.3 is 0 Å². The van der Waals surface area contributed by atoms with Crippen LogP contribution < -0.4 is 5.32 Å². The molecule has 5 heteroatoms. The zero-order chi connectivity index (χ0) is 13.4. The van der Waals surface area contributed by atoms with Crippen LogP contribution in [0.1, 0.15) is 23.4 Å². The largest absolute Gasteiger partial charge is 0.309 e. The topological polar surface area (TPSA) is 24.9 Å². The Hall–Kier alpha value is -0.780. The molecule has 1 aromatic heterocycles. The molecule has 2 aromatic rings. The van der Waals surface area contributed by atoms with Gasteiger partial charge in [-0.05, 0) is 38.0 Å². The van der Waals surface area contributed by atoms with Gasteiger partial charge in [0.1, 0.15) is 10.8 Å². The number of hydrogen-bond donors (Lipinski definition) is 1. The fourth-order valence-electron chi connectivity index (χ4n) is 1.89. The zero-order valence-corrected chi connectivity index (χ0v) is 12.9. The van der Waals surface area contributed by atoms with Crippen LogP contribution in [0.15, 0.2) is 22.7 Å². The molecule has 0 saturated heterocycles. The molecule has 0 spiro atoms. The van der Waals surface area contributed by atoms with Crippen LogP contribution in [0.25, 0.3) is 10.6 Å². The Balaban J connectivity index is 1.87. The van der Waals surface area contributed by atoms with E-state index in [2.05, 4.69) is 26.2 Å². The lowest BCUT2D eigenvalue weighted by Gasteiger charge is -2.00. The van der Waals surface area contributed by atoms with Crippen molar-refractivity contribution in [2.75, 3.05) is 0 Å². The molecule has 1 aromatic carbocycles. The van der Waals surface area contributed by atoms with Gasteiger partial charge in [-0.1, -0.05) is 15.9 Å². The van der Waals surface area contributed by atoms with Crippen molar-refractivity contribution < 1.29 is 4.39 Å². The molecule has 0 amide bonds. The Morgan fingerprint density at radius 2 is 2.26 bits per heavy atom. The maximum Gasteiger partial charge on any atom is 0.133 e. The van der Waals surface area contributed by atoms with E-state index in [0.29, 0.717) is 11.6 Å². The highest BCUT2D eigenvalue weighted by Crippen LogP contribution is 2.32. The van der Waals surface area contributed by atoms with Gasteiger partial charge in [0.25, 0.3) is 0 Å². The maximum absolute atomic E-state index is 13.9. The van der Waals surface area contributed by atoms with Gasteiger partial charge in [0, 0.05) is 27.5 Å². The standard InChI is InChI=1S/C14H14BrFN2S/c1-8-13(7-17-10-3-4-10)19-14(18-8)11-6-9(15)2-5-12(11)16/h2,5-6,10,17H,3-4,7H2,1H3. The van der Waals surface area contributed by atoms with Crippen LogP contribution in [0.4, 0.5) is 4.39 Å². The number of aryl methyl sites for hydroxylation is 1. The van der Waals surface area contributed by atoms with Gasteiger partial charge in [-0.25, -0.2) is 9.37 Å². The van der Waals surface area contributed by atoms with Gasteiger partial charge < -0.3 is 5.32 Å². The lowest BCUT2D eigenvalue weighted by molar-refractivity contribution is 0.631. The number of hydrogen-bond acceptors (Lipinski definition) is 3. The summed E-state index contributed by atoms with van der Waals surface area (Å²) in [7, 11) is 0. The van der Waals surface area contributed by atoms with Crippen LogP contribution in [-0.4, -0.2) is 11.0 Å². The highest BCUT2D eigenvalue weighted by molar-refractivity contribution is 9.10. The van der Waals surface area contributed by atoms with Crippen LogP contribution in [0.5, 0.6) is 0 Å². The number of nitrogens with zero attached hydrogens (tertiary/aromatic N) is 1. The molecule has 19 heavy (non-hydrogen) atoms. The molecule has 0 aliphatic heterocycles. The summed E-state index contributed by atoms with van der Waals surface area (Å²) in [6.07, 6.45) is 2.54. The monoisotopic (exact) mass is 340 g/mol. The number of halogens is 2. The van der Waals surface area contributed by atoms with Gasteiger partial charge in [-0.3, -0.25) is 0 Å². The molecule has 1 N–H and O–H groups in total. The molecular formula is C14H14BrFN2S. The van der Waals surface area contributed by atoms with Crippen LogP contribution in [0.2, 0.25) is 0 Å². The van der Waals surface area contributed by atoms with Gasteiger partial charge in [-0.15, -0.1) is 11.3 Å². The third-order valence-corrected chi connectivity index (χ3v) is 4.86. The summed E-state index contributed by atoms with van der Waals surface area (Å²) in [4.78, 5) is 5.69. The Bertz CT molecular complexity index is 607. The lowest BCUT2D eigenvalue weighted by atomic mass is 10.2. The predicted octanol–water partition coefficient (Wildman–Crippen LogP) is 4.27. The second-order valence-electron chi connectivity index (χ2n) is 4.81. The fraction of sp³-hybridized carbons (Fsp3) is 0.357. The van der Waals surface area contributed by atoms with Crippen molar-refractivity contribution in [3.05, 3.63) is 39.1 Å². The quantitative estimate of drug-likeness (QED) is 0.898. The van der Waals surface area contributed by atoms with Crippen molar-refractivity contribution in [2.24, 2.45) is 0 Å². The normalized spacial score (nSPS) is 14.9. The van der Waals surface area contributed by atoms with E-state index in [4.69, 9.17) is 0 Å². The molecule has 1 saturated carbocycles.